The van der Waals surface area contributed by atoms with Gasteiger partial charge in [-0.2, -0.15) is 0 Å². The fourth-order valence-electron chi connectivity index (χ4n) is 2.13. The van der Waals surface area contributed by atoms with Crippen LogP contribution in [0, 0.1) is 5.92 Å². The predicted molar refractivity (Wildman–Crippen MR) is 68.4 cm³/mol. The third-order valence-corrected chi connectivity index (χ3v) is 3.46. The molecule has 4 heteroatoms. The van der Waals surface area contributed by atoms with Crippen molar-refractivity contribution in [3.63, 3.8) is 0 Å². The van der Waals surface area contributed by atoms with Crippen LogP contribution >= 0.6 is 0 Å². The number of hydrogen-bond acceptors (Lipinski definition) is 3. The number of rotatable bonds is 4. The number of anilines is 2. The second-order valence-corrected chi connectivity index (χ2v) is 4.75. The van der Waals surface area contributed by atoms with E-state index in [1.165, 1.54) is 19.3 Å². The van der Waals surface area contributed by atoms with Crippen molar-refractivity contribution in [3.05, 3.63) is 23.8 Å². The van der Waals surface area contributed by atoms with E-state index in [9.17, 15) is 4.79 Å². The Kier molecular flexibility index (Phi) is 3.22. The topological polar surface area (TPSA) is 66.6 Å². The molecule has 0 spiro atoms. The summed E-state index contributed by atoms with van der Waals surface area (Å²) in [5.74, 6) is -0.216. The largest absolute Gasteiger partial charge is 0.478 e. The van der Waals surface area contributed by atoms with Crippen LogP contribution in [0.1, 0.15) is 29.6 Å². The van der Waals surface area contributed by atoms with Gasteiger partial charge < -0.3 is 15.7 Å². The van der Waals surface area contributed by atoms with Gasteiger partial charge in [0.05, 0.1) is 5.56 Å². The number of aromatic carboxylic acids is 1. The molecule has 1 aliphatic rings. The molecule has 17 heavy (non-hydrogen) atoms. The summed E-state index contributed by atoms with van der Waals surface area (Å²) in [6.07, 6.45) is 3.89. The van der Waals surface area contributed by atoms with Crippen LogP contribution in [0.15, 0.2) is 18.2 Å². The molecule has 1 aromatic carbocycles. The number of nitrogens with two attached hydrogens (primary N) is 1. The first kappa shape index (κ1) is 11.8. The summed E-state index contributed by atoms with van der Waals surface area (Å²) in [4.78, 5) is 13.1. The first-order valence-electron chi connectivity index (χ1n) is 5.92. The van der Waals surface area contributed by atoms with Crippen molar-refractivity contribution in [2.45, 2.75) is 19.3 Å². The average Bonchev–Trinajstić information content (AvgIpc) is 2.23. The van der Waals surface area contributed by atoms with E-state index in [2.05, 4.69) is 4.90 Å². The van der Waals surface area contributed by atoms with E-state index in [-0.39, 0.29) is 5.56 Å². The van der Waals surface area contributed by atoms with Crippen molar-refractivity contribution in [3.8, 4) is 0 Å². The number of benzene rings is 1. The van der Waals surface area contributed by atoms with E-state index in [1.807, 2.05) is 13.1 Å². The molecule has 0 atom stereocenters. The molecule has 4 nitrogen and oxygen atoms in total. The lowest BCUT2D eigenvalue weighted by atomic mass is 9.85. The van der Waals surface area contributed by atoms with Crippen LogP contribution in [-0.4, -0.2) is 24.7 Å². The van der Waals surface area contributed by atoms with Gasteiger partial charge in [0.1, 0.15) is 0 Å². The third kappa shape index (κ3) is 2.52. The molecule has 2 rings (SSSR count). The summed E-state index contributed by atoms with van der Waals surface area (Å²) in [6.45, 7) is 0.989. The van der Waals surface area contributed by atoms with Crippen LogP contribution in [0.25, 0.3) is 0 Å². The van der Waals surface area contributed by atoms with Gasteiger partial charge >= 0.3 is 5.97 Å². The first-order valence-corrected chi connectivity index (χ1v) is 5.92. The maximum Gasteiger partial charge on any atom is 0.337 e. The molecule has 0 bridgehead atoms. The Morgan fingerprint density at radius 2 is 2.24 bits per heavy atom. The maximum atomic E-state index is 11.0. The molecule has 3 N–H and O–H groups in total. The molecule has 1 aromatic rings. The van der Waals surface area contributed by atoms with Crippen molar-refractivity contribution < 1.29 is 9.90 Å². The molecule has 0 aromatic heterocycles. The van der Waals surface area contributed by atoms with Gasteiger partial charge in [-0.05, 0) is 37.0 Å². The van der Waals surface area contributed by atoms with E-state index in [4.69, 9.17) is 10.8 Å². The minimum atomic E-state index is -0.971. The van der Waals surface area contributed by atoms with Crippen molar-refractivity contribution in [2.24, 2.45) is 5.92 Å². The Morgan fingerprint density at radius 1 is 1.53 bits per heavy atom. The second-order valence-electron chi connectivity index (χ2n) is 4.75. The third-order valence-electron chi connectivity index (χ3n) is 3.46. The van der Waals surface area contributed by atoms with Crippen LogP contribution in [-0.2, 0) is 0 Å². The smallest absolute Gasteiger partial charge is 0.337 e. The van der Waals surface area contributed by atoms with E-state index >= 15 is 0 Å². The highest BCUT2D eigenvalue weighted by molar-refractivity contribution is 5.94. The Hall–Kier alpha value is -1.71. The van der Waals surface area contributed by atoms with Gasteiger partial charge in [-0.1, -0.05) is 6.42 Å². The molecule has 1 saturated carbocycles. The zero-order chi connectivity index (χ0) is 12.4. The summed E-state index contributed by atoms with van der Waals surface area (Å²) >= 11 is 0. The zero-order valence-corrected chi connectivity index (χ0v) is 10.0. The molecule has 92 valence electrons. The lowest BCUT2D eigenvalue weighted by Crippen LogP contribution is -2.29. The Labute approximate surface area is 101 Å². The summed E-state index contributed by atoms with van der Waals surface area (Å²) in [5.41, 5.74) is 7.05. The van der Waals surface area contributed by atoms with E-state index in [1.54, 1.807) is 12.1 Å². The summed E-state index contributed by atoms with van der Waals surface area (Å²) in [7, 11) is 2.00. The number of carboxylic acid groups (broad SMARTS) is 1. The van der Waals surface area contributed by atoms with Gasteiger partial charge in [0, 0.05) is 25.0 Å². The van der Waals surface area contributed by atoms with Gasteiger partial charge in [-0.15, -0.1) is 0 Å². The van der Waals surface area contributed by atoms with Gasteiger partial charge in [-0.25, -0.2) is 4.79 Å². The van der Waals surface area contributed by atoms with Crippen LogP contribution in [0.2, 0.25) is 0 Å². The zero-order valence-electron chi connectivity index (χ0n) is 10.0. The lowest BCUT2D eigenvalue weighted by molar-refractivity contribution is 0.0698. The number of nitrogen functional groups attached to an aromatic ring is 1. The fraction of sp³-hybridized carbons (Fsp3) is 0.462. The quantitative estimate of drug-likeness (QED) is 0.784. The van der Waals surface area contributed by atoms with Gasteiger partial charge in [-0.3, -0.25) is 0 Å². The summed E-state index contributed by atoms with van der Waals surface area (Å²) < 4.78 is 0. The summed E-state index contributed by atoms with van der Waals surface area (Å²) in [5, 5.41) is 9.01. The van der Waals surface area contributed by atoms with Crippen molar-refractivity contribution in [1.82, 2.24) is 0 Å². The molecule has 0 amide bonds. The van der Waals surface area contributed by atoms with Crippen molar-refractivity contribution >= 4 is 17.3 Å². The molecule has 0 unspecified atom stereocenters. The molecule has 0 saturated heterocycles. The minimum absolute atomic E-state index is 0.183. The van der Waals surface area contributed by atoms with Gasteiger partial charge in [0.2, 0.25) is 0 Å². The molecule has 1 fully saturated rings. The minimum Gasteiger partial charge on any atom is -0.478 e. The SMILES string of the molecule is CN(CC1CCC1)c1ccc(N)c(C(=O)O)c1. The standard InChI is InChI=1S/C13H18N2O2/c1-15(8-9-3-2-4-9)10-5-6-12(14)11(7-10)13(16)17/h5-7,9H,2-4,8,14H2,1H3,(H,16,17). The van der Waals surface area contributed by atoms with E-state index < -0.39 is 5.97 Å². The second kappa shape index (κ2) is 4.65. The Morgan fingerprint density at radius 3 is 2.76 bits per heavy atom. The van der Waals surface area contributed by atoms with Crippen LogP contribution in [0.3, 0.4) is 0 Å². The highest BCUT2D eigenvalue weighted by Crippen LogP contribution is 2.29. The van der Waals surface area contributed by atoms with Crippen LogP contribution in [0.5, 0.6) is 0 Å². The molecule has 0 radical (unpaired) electrons. The van der Waals surface area contributed by atoms with Gasteiger partial charge in [0.15, 0.2) is 0 Å². The summed E-state index contributed by atoms with van der Waals surface area (Å²) in [6, 6.07) is 5.19. The average molecular weight is 234 g/mol. The molecule has 0 heterocycles. The molecular weight excluding hydrogens is 216 g/mol. The molecule has 1 aliphatic carbocycles. The van der Waals surface area contributed by atoms with Crippen molar-refractivity contribution in [1.29, 1.82) is 0 Å². The number of nitrogens with zero attached hydrogens (tertiary/aromatic N) is 1. The molecule has 0 aliphatic heterocycles. The number of carbonyl (C=O) groups is 1. The first-order chi connectivity index (χ1) is 8.08. The predicted octanol–water partition coefficient (Wildman–Crippen LogP) is 2.20. The Bertz CT molecular complexity index is 427. The highest BCUT2D eigenvalue weighted by atomic mass is 16.4. The van der Waals surface area contributed by atoms with Crippen LogP contribution < -0.4 is 10.6 Å². The highest BCUT2D eigenvalue weighted by Gasteiger charge is 2.20. The van der Waals surface area contributed by atoms with Gasteiger partial charge in [0.25, 0.3) is 0 Å². The monoisotopic (exact) mass is 234 g/mol. The van der Waals surface area contributed by atoms with Crippen molar-refractivity contribution in [2.75, 3.05) is 24.2 Å². The number of carboxylic acids is 1. The Balaban J connectivity index is 2.14. The van der Waals surface area contributed by atoms with E-state index in [0.717, 1.165) is 18.2 Å². The normalized spacial score (nSPS) is 15.4. The number of hydrogen-bond donors (Lipinski definition) is 2. The van der Waals surface area contributed by atoms with Crippen LogP contribution in [0.4, 0.5) is 11.4 Å². The maximum absolute atomic E-state index is 11.0. The molecular formula is C13H18N2O2. The fourth-order valence-corrected chi connectivity index (χ4v) is 2.13. The van der Waals surface area contributed by atoms with E-state index in [0.29, 0.717) is 5.69 Å². The lowest BCUT2D eigenvalue weighted by Gasteiger charge is -2.31.